The molecular formula is C32H42FN5O5. The van der Waals surface area contributed by atoms with Crippen LogP contribution in [0.5, 0.6) is 0 Å². The molecule has 232 valence electrons. The van der Waals surface area contributed by atoms with Crippen molar-refractivity contribution < 1.29 is 28.2 Å². The molecule has 2 unspecified atom stereocenters. The van der Waals surface area contributed by atoms with Gasteiger partial charge in [-0.15, -0.1) is 0 Å². The third-order valence-corrected chi connectivity index (χ3v) is 8.83. The van der Waals surface area contributed by atoms with Gasteiger partial charge in [-0.3, -0.25) is 9.69 Å². The molecule has 10 nitrogen and oxygen atoms in total. The van der Waals surface area contributed by atoms with E-state index in [4.69, 9.17) is 14.2 Å². The van der Waals surface area contributed by atoms with Crippen LogP contribution in [0.25, 0.3) is 11.4 Å². The first kappa shape index (κ1) is 29.9. The summed E-state index contributed by atoms with van der Waals surface area (Å²) >= 11 is 0. The molecule has 6 rings (SSSR count). The summed E-state index contributed by atoms with van der Waals surface area (Å²) in [5, 5.41) is 0. The lowest BCUT2D eigenvalue weighted by atomic mass is 10.0. The molecule has 11 heteroatoms. The SMILES string of the molecule is CN(CC1CCOC1)C1(c2ccc(-c3ncc(C(=O)N(C4CC4)C4CCN(C(=O)OC(C)(C)C)CC4)cn3)c(F)c2)CO1. The van der Waals surface area contributed by atoms with Gasteiger partial charge in [0.25, 0.3) is 5.91 Å². The Morgan fingerprint density at radius 1 is 1.09 bits per heavy atom. The zero-order valence-corrected chi connectivity index (χ0v) is 25.6. The van der Waals surface area contributed by atoms with E-state index >= 15 is 4.39 Å². The van der Waals surface area contributed by atoms with Crippen molar-refractivity contribution in [2.75, 3.05) is 46.5 Å². The summed E-state index contributed by atoms with van der Waals surface area (Å²) < 4.78 is 32.3. The molecule has 1 aliphatic carbocycles. The molecule has 0 bridgehead atoms. The van der Waals surface area contributed by atoms with E-state index < -0.39 is 17.1 Å². The first-order chi connectivity index (χ1) is 20.5. The highest BCUT2D eigenvalue weighted by atomic mass is 19.1. The van der Waals surface area contributed by atoms with Gasteiger partial charge in [-0.2, -0.15) is 0 Å². The third kappa shape index (κ3) is 6.53. The van der Waals surface area contributed by atoms with Gasteiger partial charge in [-0.05, 0) is 78.0 Å². The van der Waals surface area contributed by atoms with Crippen molar-refractivity contribution >= 4 is 12.0 Å². The Labute approximate surface area is 252 Å². The average Bonchev–Trinajstić information content (AvgIpc) is 3.91. The van der Waals surface area contributed by atoms with Crippen LogP contribution in [0.4, 0.5) is 9.18 Å². The molecule has 4 fully saturated rings. The maximum absolute atomic E-state index is 15.4. The molecule has 1 aromatic heterocycles. The molecule has 2 aromatic rings. The van der Waals surface area contributed by atoms with E-state index in [9.17, 15) is 9.59 Å². The van der Waals surface area contributed by atoms with Gasteiger partial charge in [-0.1, -0.05) is 6.07 Å². The summed E-state index contributed by atoms with van der Waals surface area (Å²) in [5.41, 5.74) is 0.258. The second kappa shape index (κ2) is 11.7. The third-order valence-electron chi connectivity index (χ3n) is 8.83. The van der Waals surface area contributed by atoms with Crippen molar-refractivity contribution in [1.82, 2.24) is 24.7 Å². The van der Waals surface area contributed by atoms with Gasteiger partial charge in [0.2, 0.25) is 0 Å². The summed E-state index contributed by atoms with van der Waals surface area (Å²) in [6.45, 7) is 9.51. The van der Waals surface area contributed by atoms with Crippen molar-refractivity contribution in [1.29, 1.82) is 0 Å². The van der Waals surface area contributed by atoms with E-state index in [1.54, 1.807) is 11.0 Å². The largest absolute Gasteiger partial charge is 0.444 e. The Kier molecular flexibility index (Phi) is 8.16. The van der Waals surface area contributed by atoms with Crippen LogP contribution in [-0.4, -0.2) is 101 Å². The Hall–Kier alpha value is -3.15. The second-order valence-electron chi connectivity index (χ2n) is 13.3. The van der Waals surface area contributed by atoms with Crippen LogP contribution >= 0.6 is 0 Å². The summed E-state index contributed by atoms with van der Waals surface area (Å²) in [6.07, 6.45) is 6.99. The van der Waals surface area contributed by atoms with Crippen LogP contribution in [-0.2, 0) is 19.9 Å². The smallest absolute Gasteiger partial charge is 0.410 e. The van der Waals surface area contributed by atoms with Crippen molar-refractivity contribution in [3.63, 3.8) is 0 Å². The summed E-state index contributed by atoms with van der Waals surface area (Å²) in [4.78, 5) is 40.7. The highest BCUT2D eigenvalue weighted by molar-refractivity contribution is 5.94. The first-order valence-corrected chi connectivity index (χ1v) is 15.4. The molecule has 2 amide bonds. The maximum atomic E-state index is 15.4. The Morgan fingerprint density at radius 3 is 2.33 bits per heavy atom. The zero-order chi connectivity index (χ0) is 30.4. The Bertz CT molecular complexity index is 1330. The van der Waals surface area contributed by atoms with E-state index in [1.807, 2.05) is 38.8 Å². The number of likely N-dealkylation sites (tertiary alicyclic amines) is 1. The number of aromatic nitrogens is 2. The molecule has 2 atom stereocenters. The van der Waals surface area contributed by atoms with Crippen LogP contribution in [0, 0.1) is 11.7 Å². The van der Waals surface area contributed by atoms with Gasteiger partial charge in [0, 0.05) is 56.3 Å². The van der Waals surface area contributed by atoms with E-state index in [-0.39, 0.29) is 35.5 Å². The summed E-state index contributed by atoms with van der Waals surface area (Å²) in [5.74, 6) is 0.127. The minimum atomic E-state index is -0.617. The highest BCUT2D eigenvalue weighted by Crippen LogP contribution is 2.43. The zero-order valence-electron chi connectivity index (χ0n) is 25.6. The number of likely N-dealkylation sites (N-methyl/N-ethyl adjacent to an activating group) is 1. The van der Waals surface area contributed by atoms with E-state index in [1.165, 1.54) is 18.5 Å². The predicted octanol–water partition coefficient (Wildman–Crippen LogP) is 4.44. The number of ether oxygens (including phenoxy) is 3. The number of hydrogen-bond acceptors (Lipinski definition) is 8. The van der Waals surface area contributed by atoms with Gasteiger partial charge in [0.05, 0.1) is 24.3 Å². The molecule has 1 aromatic carbocycles. The van der Waals surface area contributed by atoms with Crippen molar-refractivity contribution in [2.24, 2.45) is 5.92 Å². The topological polar surface area (TPSA) is 101 Å². The number of carbonyl (C=O) groups is 2. The molecule has 4 aliphatic rings. The number of benzene rings is 1. The Balaban J connectivity index is 1.10. The predicted molar refractivity (Wildman–Crippen MR) is 157 cm³/mol. The van der Waals surface area contributed by atoms with Gasteiger partial charge in [0.1, 0.15) is 11.4 Å². The molecule has 1 saturated carbocycles. The fourth-order valence-electron chi connectivity index (χ4n) is 6.24. The maximum Gasteiger partial charge on any atom is 0.410 e. The number of hydrogen-bond donors (Lipinski definition) is 0. The summed E-state index contributed by atoms with van der Waals surface area (Å²) in [6, 6.07) is 5.27. The van der Waals surface area contributed by atoms with Crippen LogP contribution in [0.3, 0.4) is 0 Å². The molecule has 3 saturated heterocycles. The molecule has 0 radical (unpaired) electrons. The van der Waals surface area contributed by atoms with Crippen molar-refractivity contribution in [3.8, 4) is 11.4 Å². The van der Waals surface area contributed by atoms with E-state index in [2.05, 4.69) is 14.9 Å². The van der Waals surface area contributed by atoms with Gasteiger partial charge < -0.3 is 24.0 Å². The van der Waals surface area contributed by atoms with Crippen LogP contribution in [0.2, 0.25) is 0 Å². The van der Waals surface area contributed by atoms with Gasteiger partial charge in [0.15, 0.2) is 11.5 Å². The standard InChI is InChI=1S/C32H42FN5O5/c1-31(2,3)43-30(40)37-12-9-25(10-13-37)38(24-6-7-24)29(39)22-16-34-28(35-17-22)26-8-5-23(15-27(26)33)32(20-42-32)36(4)18-21-11-14-41-19-21/h5,8,15-17,21,24-25H,6-7,9-14,18-20H2,1-4H3. The minimum absolute atomic E-state index is 0.0274. The number of nitrogens with zero attached hydrogens (tertiary/aromatic N) is 5. The molecule has 43 heavy (non-hydrogen) atoms. The molecular weight excluding hydrogens is 553 g/mol. The number of epoxide rings is 1. The number of halogens is 1. The normalized spacial score (nSPS) is 24.3. The van der Waals surface area contributed by atoms with Crippen molar-refractivity contribution in [3.05, 3.63) is 47.5 Å². The average molecular weight is 596 g/mol. The molecule has 0 spiro atoms. The quantitative estimate of drug-likeness (QED) is 0.413. The monoisotopic (exact) mass is 595 g/mol. The highest BCUT2D eigenvalue weighted by Gasteiger charge is 2.51. The van der Waals surface area contributed by atoms with Crippen LogP contribution in [0.1, 0.15) is 68.8 Å². The van der Waals surface area contributed by atoms with Crippen LogP contribution < -0.4 is 0 Å². The Morgan fingerprint density at radius 2 is 1.77 bits per heavy atom. The van der Waals surface area contributed by atoms with Gasteiger partial charge in [-0.25, -0.2) is 19.2 Å². The molecule has 3 aliphatic heterocycles. The summed E-state index contributed by atoms with van der Waals surface area (Å²) in [7, 11) is 2.01. The number of piperidine rings is 1. The molecule has 0 N–H and O–H groups in total. The van der Waals surface area contributed by atoms with E-state index in [0.717, 1.165) is 44.6 Å². The fraction of sp³-hybridized carbons (Fsp3) is 0.625. The van der Waals surface area contributed by atoms with Crippen LogP contribution in [0.15, 0.2) is 30.6 Å². The van der Waals surface area contributed by atoms with Crippen molar-refractivity contribution in [2.45, 2.75) is 76.3 Å². The van der Waals surface area contributed by atoms with Gasteiger partial charge >= 0.3 is 6.09 Å². The lowest BCUT2D eigenvalue weighted by Crippen LogP contribution is -2.50. The number of rotatable bonds is 8. The number of carbonyl (C=O) groups excluding carboxylic acids is 2. The first-order valence-electron chi connectivity index (χ1n) is 15.4. The van der Waals surface area contributed by atoms with E-state index in [0.29, 0.717) is 44.0 Å². The lowest BCUT2D eigenvalue weighted by Gasteiger charge is -2.39. The number of amides is 2. The second-order valence-corrected chi connectivity index (χ2v) is 13.3. The fourth-order valence-corrected chi connectivity index (χ4v) is 6.24. The lowest BCUT2D eigenvalue weighted by molar-refractivity contribution is 0.0142. The molecule has 4 heterocycles. The minimum Gasteiger partial charge on any atom is -0.444 e.